The van der Waals surface area contributed by atoms with Gasteiger partial charge < -0.3 is 19.6 Å². The first kappa shape index (κ1) is 61.8. The van der Waals surface area contributed by atoms with Gasteiger partial charge in [-0.25, -0.2) is 0 Å². The van der Waals surface area contributed by atoms with Gasteiger partial charge in [0.25, 0.3) is 0 Å². The minimum atomic E-state index is -4.27. The second-order valence-electron chi connectivity index (χ2n) is 28.8. The Kier molecular flexibility index (Phi) is 19.0. The maximum absolute atomic E-state index is 12.9. The Balaban J connectivity index is 0.000000109. The van der Waals surface area contributed by atoms with Crippen molar-refractivity contribution in [2.24, 2.45) is 59.2 Å². The molecule has 0 N–H and O–H groups in total. The van der Waals surface area contributed by atoms with E-state index in [1.807, 2.05) is 0 Å². The standard InChI is InChI=1S/C20H28N2.C19H23F3N2.C18H23F3N2.C17H24N2/c1-15-4-3-5-20(16(15)2)22-10-8-21(9-11-22)14-19-13-17-6-7-18(19)12-17;20-19(21,22)17-2-1-3-18(12-17)24-8-6-23(7-9-24)13-16-11-14-4-5-15(16)10-14;19-18(20,21)15-2-1-3-16(12-15)22-6-8-23(9-7-22)17-11-13-4-5-14(17)10-13;1-2-4-16(5-3-1)18-8-10-19(11-9-18)17-13-14-6-7-15(17)12-14/h3-7,17-19H,8-14H2,1-2H3;1-5,12,14-16H,6-11,13H2;1-3,12-14,17H,4-11H2;1-5,14-15,17H,6-13H2. The summed E-state index contributed by atoms with van der Waals surface area (Å²) in [6, 6.07) is 30.7. The molecule has 16 rings (SSSR count). The molecule has 8 nitrogen and oxygen atoms in total. The predicted octanol–water partition coefficient (Wildman–Crippen LogP) is 14.7. The lowest BCUT2D eigenvalue weighted by atomic mass is 9.93. The molecule has 4 heterocycles. The molecule has 0 amide bonds. The number of piperazine rings is 4. The zero-order chi connectivity index (χ0) is 60.5. The van der Waals surface area contributed by atoms with Gasteiger partial charge in [-0.15, -0.1) is 0 Å². The maximum Gasteiger partial charge on any atom is 0.416 e. The Labute approximate surface area is 521 Å². The van der Waals surface area contributed by atoms with Crippen LogP contribution < -0.4 is 19.6 Å². The molecule has 4 aromatic rings. The Bertz CT molecular complexity index is 2970. The smallest absolute Gasteiger partial charge is 0.369 e. The highest BCUT2D eigenvalue weighted by Gasteiger charge is 2.45. The van der Waals surface area contributed by atoms with Gasteiger partial charge in [0.15, 0.2) is 0 Å². The Morgan fingerprint density at radius 1 is 0.386 bits per heavy atom. The first-order valence-electron chi connectivity index (χ1n) is 34.3. The van der Waals surface area contributed by atoms with Crippen LogP contribution in [0.15, 0.2) is 121 Å². The summed E-state index contributed by atoms with van der Waals surface area (Å²) in [6.45, 7) is 23.8. The van der Waals surface area contributed by atoms with Crippen LogP contribution in [0, 0.1) is 73.0 Å². The van der Waals surface area contributed by atoms with Crippen LogP contribution in [0.4, 0.5) is 49.1 Å². The molecule has 14 heteroatoms. The van der Waals surface area contributed by atoms with E-state index in [0.29, 0.717) is 11.4 Å². The van der Waals surface area contributed by atoms with E-state index < -0.39 is 23.5 Å². The highest BCUT2D eigenvalue weighted by Crippen LogP contribution is 2.49. The Morgan fingerprint density at radius 3 is 1.20 bits per heavy atom. The quantitative estimate of drug-likeness (QED) is 0.114. The Hall–Kier alpha value is -5.02. The highest BCUT2D eigenvalue weighted by molar-refractivity contribution is 5.56. The normalized spacial score (nSPS) is 31.9. The molecule has 8 aliphatic carbocycles. The maximum atomic E-state index is 12.9. The van der Waals surface area contributed by atoms with Crippen molar-refractivity contribution >= 4 is 22.7 Å². The van der Waals surface area contributed by atoms with E-state index in [-0.39, 0.29) is 0 Å². The average Bonchev–Trinajstić information content (AvgIpc) is 3.48. The van der Waals surface area contributed by atoms with Crippen LogP contribution >= 0.6 is 0 Å². The van der Waals surface area contributed by atoms with Crippen LogP contribution in [0.3, 0.4) is 0 Å². The van der Waals surface area contributed by atoms with Crippen molar-refractivity contribution in [1.82, 2.24) is 19.6 Å². The molecule has 0 radical (unpaired) electrons. The lowest BCUT2D eigenvalue weighted by molar-refractivity contribution is -0.138. The van der Waals surface area contributed by atoms with Crippen LogP contribution in [0.5, 0.6) is 0 Å². The number of rotatable bonds is 10. The highest BCUT2D eigenvalue weighted by atomic mass is 19.4. The molecular weight excluding hydrogens is 1110 g/mol. The molecule has 12 unspecified atom stereocenters. The fourth-order valence-corrected chi connectivity index (χ4v) is 18.6. The predicted molar refractivity (Wildman–Crippen MR) is 346 cm³/mol. The number of benzene rings is 4. The molecule has 88 heavy (non-hydrogen) atoms. The van der Waals surface area contributed by atoms with Crippen LogP contribution in [0.2, 0.25) is 0 Å². The zero-order valence-corrected chi connectivity index (χ0v) is 52.5. The van der Waals surface area contributed by atoms with Gasteiger partial charge in [0.2, 0.25) is 0 Å². The topological polar surface area (TPSA) is 25.9 Å². The first-order chi connectivity index (χ1) is 42.6. The minimum Gasteiger partial charge on any atom is -0.369 e. The van der Waals surface area contributed by atoms with Gasteiger partial charge in [-0.1, -0.05) is 79.6 Å². The van der Waals surface area contributed by atoms with E-state index in [0.717, 1.165) is 142 Å². The molecule has 8 bridgehead atoms. The van der Waals surface area contributed by atoms with Gasteiger partial charge >= 0.3 is 12.4 Å². The largest absolute Gasteiger partial charge is 0.416 e. The molecule has 12 atom stereocenters. The number of aryl methyl sites for hydroxylation is 1. The summed E-state index contributed by atoms with van der Waals surface area (Å²) in [6.07, 6.45) is 18.3. The van der Waals surface area contributed by atoms with E-state index in [1.165, 1.54) is 183 Å². The molecule has 12 aliphatic rings. The molecule has 6 saturated carbocycles. The number of nitrogens with zero attached hydrogens (tertiary/aromatic N) is 8. The van der Waals surface area contributed by atoms with Gasteiger partial charge in [0.05, 0.1) is 11.1 Å². The Morgan fingerprint density at radius 2 is 0.807 bits per heavy atom. The van der Waals surface area contributed by atoms with Gasteiger partial charge in [-0.2, -0.15) is 26.3 Å². The van der Waals surface area contributed by atoms with Gasteiger partial charge in [0.1, 0.15) is 0 Å². The van der Waals surface area contributed by atoms with Crippen molar-refractivity contribution in [3.63, 3.8) is 0 Å². The summed E-state index contributed by atoms with van der Waals surface area (Å²) in [4.78, 5) is 19.9. The second-order valence-corrected chi connectivity index (χ2v) is 28.8. The van der Waals surface area contributed by atoms with Crippen molar-refractivity contribution in [1.29, 1.82) is 0 Å². The number of halogens is 6. The monoisotopic (exact) mass is 1210 g/mol. The SMILES string of the molecule is Cc1cccc(N2CCN(CC3CC4C=CC3C4)CC2)c1C.FC(F)(F)c1cccc(N2CCN(C3CC4CCC3C4)CC2)c1.FC(F)(F)c1cccc(N2CCN(CC3CC4C=CC3C4)CC2)c1.c1ccc(N2CCN(C3CC4CCC3C4)CC2)cc1. The third kappa shape index (κ3) is 14.5. The first-order valence-corrected chi connectivity index (χ1v) is 34.3. The second kappa shape index (κ2) is 27.0. The molecule has 4 saturated heterocycles. The van der Waals surface area contributed by atoms with Gasteiger partial charge in [0, 0.05) is 153 Å². The lowest BCUT2D eigenvalue weighted by Gasteiger charge is -2.42. The van der Waals surface area contributed by atoms with Crippen LogP contribution in [-0.2, 0) is 12.4 Å². The summed E-state index contributed by atoms with van der Waals surface area (Å²) in [5, 5.41) is 0. The van der Waals surface area contributed by atoms with Crippen LogP contribution in [0.1, 0.15) is 99.3 Å². The number of alkyl halides is 6. The third-order valence-electron chi connectivity index (χ3n) is 23.6. The summed E-state index contributed by atoms with van der Waals surface area (Å²) in [5.41, 5.74) is 5.99. The van der Waals surface area contributed by atoms with Crippen LogP contribution in [0.25, 0.3) is 0 Å². The summed E-state index contributed by atoms with van der Waals surface area (Å²) < 4.78 is 77.2. The van der Waals surface area contributed by atoms with Crippen LogP contribution in [-0.4, -0.2) is 149 Å². The number of allylic oxidation sites excluding steroid dienone is 4. The fourth-order valence-electron chi connectivity index (χ4n) is 18.6. The summed E-state index contributed by atoms with van der Waals surface area (Å²) >= 11 is 0. The third-order valence-corrected chi connectivity index (χ3v) is 23.6. The number of hydrogen-bond donors (Lipinski definition) is 0. The van der Waals surface area contributed by atoms with Crippen molar-refractivity contribution in [2.75, 3.05) is 137 Å². The van der Waals surface area contributed by atoms with E-state index in [4.69, 9.17) is 0 Å². The number of hydrogen-bond acceptors (Lipinski definition) is 8. The lowest BCUT2D eigenvalue weighted by Crippen LogP contribution is -2.51. The summed E-state index contributed by atoms with van der Waals surface area (Å²) in [7, 11) is 0. The van der Waals surface area contributed by atoms with E-state index in [1.54, 1.807) is 12.1 Å². The van der Waals surface area contributed by atoms with Crippen molar-refractivity contribution < 1.29 is 26.3 Å². The fraction of sp³-hybridized carbons (Fsp3) is 0.622. The number of para-hydroxylation sites is 1. The molecule has 476 valence electrons. The van der Waals surface area contributed by atoms with E-state index in [2.05, 4.69) is 126 Å². The van der Waals surface area contributed by atoms with Crippen molar-refractivity contribution in [3.8, 4) is 0 Å². The molecule has 4 aromatic carbocycles. The van der Waals surface area contributed by atoms with Gasteiger partial charge in [-0.3, -0.25) is 19.6 Å². The molecule has 4 aliphatic heterocycles. The molecule has 10 fully saturated rings. The minimum absolute atomic E-state index is 0.550. The van der Waals surface area contributed by atoms with Crippen molar-refractivity contribution in [2.45, 2.75) is 115 Å². The zero-order valence-electron chi connectivity index (χ0n) is 52.5. The molecule has 0 aromatic heterocycles. The number of fused-ring (bicyclic) bond motifs is 8. The number of anilines is 4. The van der Waals surface area contributed by atoms with E-state index >= 15 is 0 Å². The van der Waals surface area contributed by atoms with E-state index in [9.17, 15) is 26.3 Å². The van der Waals surface area contributed by atoms with Gasteiger partial charge in [-0.05, 0) is 203 Å². The average molecular weight is 1210 g/mol. The molecular formula is C74H98F6N8. The summed E-state index contributed by atoms with van der Waals surface area (Å²) in [5.74, 6) is 8.99. The van der Waals surface area contributed by atoms with Crippen molar-refractivity contribution in [3.05, 3.63) is 144 Å². The molecule has 0 spiro atoms.